The monoisotopic (exact) mass is 227 g/mol. The van der Waals surface area contributed by atoms with E-state index >= 15 is 0 Å². The summed E-state index contributed by atoms with van der Waals surface area (Å²) in [5, 5.41) is 13.5. The highest BCUT2D eigenvalue weighted by Crippen LogP contribution is 2.09. The number of carbonyl (C=O) groups excluding carboxylic acids is 1. The minimum atomic E-state index is -0.338. The molecule has 92 valence electrons. The lowest BCUT2D eigenvalue weighted by molar-refractivity contribution is -0.114. The molecule has 0 spiro atoms. The Morgan fingerprint density at radius 2 is 1.88 bits per heavy atom. The summed E-state index contributed by atoms with van der Waals surface area (Å²) in [6.45, 7) is 3.75. The van der Waals surface area contributed by atoms with Gasteiger partial charge in [0.25, 0.3) is 5.91 Å². The number of carbonyl (C=O) groups is 1. The molecule has 1 amide bonds. The molecule has 0 aromatic carbocycles. The summed E-state index contributed by atoms with van der Waals surface area (Å²) < 4.78 is 0. The van der Waals surface area contributed by atoms with Crippen LogP contribution in [0.25, 0.3) is 0 Å². The number of oxime groups is 1. The van der Waals surface area contributed by atoms with Gasteiger partial charge in [-0.3, -0.25) is 4.79 Å². The van der Waals surface area contributed by atoms with Crippen LogP contribution in [0.15, 0.2) is 5.16 Å². The van der Waals surface area contributed by atoms with Crippen molar-refractivity contribution in [2.24, 2.45) is 5.16 Å². The molecule has 5 nitrogen and oxygen atoms in total. The van der Waals surface area contributed by atoms with Gasteiger partial charge in [0.05, 0.1) is 0 Å². The molecular weight excluding hydrogens is 206 g/mol. The minimum Gasteiger partial charge on any atom is -0.411 e. The first kappa shape index (κ1) is 13.0. The Morgan fingerprint density at radius 3 is 2.50 bits per heavy atom. The van der Waals surface area contributed by atoms with E-state index in [-0.39, 0.29) is 5.91 Å². The molecule has 0 radical (unpaired) electrons. The van der Waals surface area contributed by atoms with Gasteiger partial charge >= 0.3 is 0 Å². The number of nitrogens with zero attached hydrogens (tertiary/aromatic N) is 2. The third-order valence-corrected chi connectivity index (χ3v) is 2.85. The number of rotatable bonds is 4. The van der Waals surface area contributed by atoms with Crippen LogP contribution in [-0.2, 0) is 4.79 Å². The maximum atomic E-state index is 11.0. The molecule has 0 unspecified atom stereocenters. The van der Waals surface area contributed by atoms with Crippen molar-refractivity contribution < 1.29 is 10.0 Å². The number of likely N-dealkylation sites (tertiary alicyclic amines) is 1. The second-order valence-corrected chi connectivity index (χ2v) is 4.15. The van der Waals surface area contributed by atoms with Crippen LogP contribution in [0.1, 0.15) is 32.1 Å². The van der Waals surface area contributed by atoms with E-state index in [2.05, 4.69) is 15.4 Å². The molecule has 0 atom stereocenters. The molecule has 0 bridgehead atoms. The molecule has 5 heteroatoms. The molecule has 16 heavy (non-hydrogen) atoms. The summed E-state index contributed by atoms with van der Waals surface area (Å²) in [7, 11) is 0. The fourth-order valence-electron chi connectivity index (χ4n) is 1.97. The van der Waals surface area contributed by atoms with Crippen LogP contribution in [0.2, 0.25) is 0 Å². The Morgan fingerprint density at radius 1 is 1.25 bits per heavy atom. The van der Waals surface area contributed by atoms with Crippen molar-refractivity contribution in [3.8, 4) is 0 Å². The molecule has 1 aliphatic rings. The Hall–Kier alpha value is -1.10. The number of hydrogen-bond donors (Lipinski definition) is 2. The Kier molecular flexibility index (Phi) is 6.56. The Labute approximate surface area is 96.5 Å². The smallest absolute Gasteiger partial charge is 0.265 e. The standard InChI is InChI=1S/C11H21N3O2/c15-11(10-13-16)12-6-9-14-7-4-2-1-3-5-8-14/h10,16H,1-9H2,(H,12,15)/b13-10+. The summed E-state index contributed by atoms with van der Waals surface area (Å²) in [6, 6.07) is 0. The van der Waals surface area contributed by atoms with Gasteiger partial charge < -0.3 is 15.4 Å². The first-order chi connectivity index (χ1) is 7.83. The van der Waals surface area contributed by atoms with Gasteiger partial charge in [-0.1, -0.05) is 24.4 Å². The van der Waals surface area contributed by atoms with Crippen molar-refractivity contribution in [1.82, 2.24) is 10.2 Å². The lowest BCUT2D eigenvalue weighted by Crippen LogP contribution is -2.36. The fraction of sp³-hybridized carbons (Fsp3) is 0.818. The molecule has 1 fully saturated rings. The third kappa shape index (κ3) is 5.70. The number of nitrogens with one attached hydrogen (secondary N) is 1. The largest absolute Gasteiger partial charge is 0.411 e. The maximum Gasteiger partial charge on any atom is 0.265 e. The number of hydrogen-bond acceptors (Lipinski definition) is 4. The van der Waals surface area contributed by atoms with Crippen LogP contribution in [0.3, 0.4) is 0 Å². The molecule has 1 heterocycles. The van der Waals surface area contributed by atoms with E-state index in [1.165, 1.54) is 32.1 Å². The predicted octanol–water partition coefficient (Wildman–Crippen LogP) is 0.829. The van der Waals surface area contributed by atoms with Crippen molar-refractivity contribution in [2.75, 3.05) is 26.2 Å². The lowest BCUT2D eigenvalue weighted by atomic mass is 10.1. The van der Waals surface area contributed by atoms with Crippen LogP contribution < -0.4 is 5.32 Å². The first-order valence-corrected chi connectivity index (χ1v) is 6.00. The summed E-state index contributed by atoms with van der Waals surface area (Å²) in [6.07, 6.45) is 7.39. The highest BCUT2D eigenvalue weighted by molar-refractivity contribution is 6.25. The second kappa shape index (κ2) is 8.10. The van der Waals surface area contributed by atoms with Crippen LogP contribution >= 0.6 is 0 Å². The van der Waals surface area contributed by atoms with Gasteiger partial charge in [-0.05, 0) is 25.9 Å². The van der Waals surface area contributed by atoms with E-state index in [1.54, 1.807) is 0 Å². The van der Waals surface area contributed by atoms with Crippen molar-refractivity contribution >= 4 is 12.1 Å². The summed E-state index contributed by atoms with van der Waals surface area (Å²) in [5.41, 5.74) is 0. The van der Waals surface area contributed by atoms with Crippen LogP contribution in [0, 0.1) is 0 Å². The SMILES string of the molecule is O=C(/C=N/O)NCCN1CCCCCCC1. The lowest BCUT2D eigenvalue weighted by Gasteiger charge is -2.24. The van der Waals surface area contributed by atoms with Crippen molar-refractivity contribution in [3.63, 3.8) is 0 Å². The molecule has 0 saturated carbocycles. The molecule has 0 aromatic heterocycles. The molecular formula is C11H21N3O2. The second-order valence-electron chi connectivity index (χ2n) is 4.15. The van der Waals surface area contributed by atoms with Crippen LogP contribution in [-0.4, -0.2) is 48.4 Å². The molecule has 2 N–H and O–H groups in total. The van der Waals surface area contributed by atoms with Gasteiger partial charge in [0.2, 0.25) is 0 Å². The van der Waals surface area contributed by atoms with E-state index in [4.69, 9.17) is 5.21 Å². The van der Waals surface area contributed by atoms with Crippen LogP contribution in [0.5, 0.6) is 0 Å². The summed E-state index contributed by atoms with van der Waals surface area (Å²) in [4.78, 5) is 13.4. The molecule has 1 saturated heterocycles. The zero-order chi connectivity index (χ0) is 11.6. The van der Waals surface area contributed by atoms with E-state index in [0.29, 0.717) is 6.54 Å². The zero-order valence-corrected chi connectivity index (χ0v) is 9.69. The summed E-state index contributed by atoms with van der Waals surface area (Å²) in [5.74, 6) is -0.338. The van der Waals surface area contributed by atoms with E-state index < -0.39 is 0 Å². The van der Waals surface area contributed by atoms with Crippen molar-refractivity contribution in [1.29, 1.82) is 0 Å². The van der Waals surface area contributed by atoms with Crippen molar-refractivity contribution in [2.45, 2.75) is 32.1 Å². The van der Waals surface area contributed by atoms with Crippen LogP contribution in [0.4, 0.5) is 0 Å². The van der Waals surface area contributed by atoms with E-state index in [1.807, 2.05) is 0 Å². The quantitative estimate of drug-likeness (QED) is 0.425. The molecule has 1 rings (SSSR count). The molecule has 0 aliphatic carbocycles. The minimum absolute atomic E-state index is 0.338. The predicted molar refractivity (Wildman–Crippen MR) is 62.8 cm³/mol. The van der Waals surface area contributed by atoms with Crippen molar-refractivity contribution in [3.05, 3.63) is 0 Å². The molecule has 0 aromatic rings. The number of amides is 1. The Bertz CT molecular complexity index is 223. The van der Waals surface area contributed by atoms with Gasteiger partial charge in [0, 0.05) is 13.1 Å². The highest BCUT2D eigenvalue weighted by Gasteiger charge is 2.07. The first-order valence-electron chi connectivity index (χ1n) is 6.00. The van der Waals surface area contributed by atoms with Gasteiger partial charge in [0.15, 0.2) is 0 Å². The van der Waals surface area contributed by atoms with Gasteiger partial charge in [0.1, 0.15) is 6.21 Å². The van der Waals surface area contributed by atoms with Gasteiger partial charge in [-0.15, -0.1) is 0 Å². The summed E-state index contributed by atoms with van der Waals surface area (Å²) >= 11 is 0. The molecule has 1 aliphatic heterocycles. The average Bonchev–Trinajstić information content (AvgIpc) is 2.21. The zero-order valence-electron chi connectivity index (χ0n) is 9.69. The maximum absolute atomic E-state index is 11.0. The highest BCUT2D eigenvalue weighted by atomic mass is 16.4. The topological polar surface area (TPSA) is 64.9 Å². The van der Waals surface area contributed by atoms with Gasteiger partial charge in [-0.25, -0.2) is 0 Å². The van der Waals surface area contributed by atoms with Gasteiger partial charge in [-0.2, -0.15) is 0 Å². The third-order valence-electron chi connectivity index (χ3n) is 2.85. The fourth-order valence-corrected chi connectivity index (χ4v) is 1.97. The Balaban J connectivity index is 2.12. The average molecular weight is 227 g/mol. The normalized spacial score (nSPS) is 19.2. The van der Waals surface area contributed by atoms with E-state index in [0.717, 1.165) is 25.8 Å². The van der Waals surface area contributed by atoms with E-state index in [9.17, 15) is 4.79 Å².